The second-order valence-electron chi connectivity index (χ2n) is 7.92. The van der Waals surface area contributed by atoms with Gasteiger partial charge in [0.25, 0.3) is 0 Å². The quantitative estimate of drug-likeness (QED) is 0.533. The standard InChI is InChI=1S/C23H25FN4OS/c1-15(2)14-28-21(18-9-5-6-10-19(18)24)25-26-23(28)30-16(3)22(29)27-13-12-17-8-4-7-11-20(17)27/h4-11,15-16H,12-14H2,1-3H3. The summed E-state index contributed by atoms with van der Waals surface area (Å²) in [5.74, 6) is 0.540. The molecule has 0 saturated heterocycles. The Morgan fingerprint density at radius 1 is 1.10 bits per heavy atom. The van der Waals surface area contributed by atoms with Gasteiger partial charge in [0, 0.05) is 18.8 Å². The van der Waals surface area contributed by atoms with Crippen LogP contribution in [0.15, 0.2) is 53.7 Å². The Bertz CT molecular complexity index is 1060. The van der Waals surface area contributed by atoms with Crippen LogP contribution in [0, 0.1) is 11.7 Å². The third-order valence-corrected chi connectivity index (χ3v) is 6.23. The summed E-state index contributed by atoms with van der Waals surface area (Å²) in [7, 11) is 0. The molecule has 0 aliphatic carbocycles. The molecule has 30 heavy (non-hydrogen) atoms. The van der Waals surface area contributed by atoms with Crippen molar-refractivity contribution in [3.8, 4) is 11.4 Å². The zero-order valence-corrected chi connectivity index (χ0v) is 18.2. The SMILES string of the molecule is CC(C)Cn1c(SC(C)C(=O)N2CCc3ccccc32)nnc1-c1ccccc1F. The molecule has 5 nitrogen and oxygen atoms in total. The molecule has 7 heteroatoms. The van der Waals surface area contributed by atoms with Gasteiger partial charge in [-0.25, -0.2) is 4.39 Å². The van der Waals surface area contributed by atoms with Gasteiger partial charge in [0.15, 0.2) is 11.0 Å². The Morgan fingerprint density at radius 3 is 2.60 bits per heavy atom. The minimum absolute atomic E-state index is 0.0523. The average Bonchev–Trinajstić information content (AvgIpc) is 3.32. The number of hydrogen-bond donors (Lipinski definition) is 0. The minimum atomic E-state index is -0.334. The maximum Gasteiger partial charge on any atom is 0.240 e. The lowest BCUT2D eigenvalue weighted by Crippen LogP contribution is -2.35. The van der Waals surface area contributed by atoms with Crippen LogP contribution in [-0.2, 0) is 17.8 Å². The molecule has 1 atom stereocenters. The van der Waals surface area contributed by atoms with Gasteiger partial charge in [-0.1, -0.05) is 55.9 Å². The highest BCUT2D eigenvalue weighted by molar-refractivity contribution is 8.00. The predicted molar refractivity (Wildman–Crippen MR) is 118 cm³/mol. The Kier molecular flexibility index (Phi) is 5.90. The van der Waals surface area contributed by atoms with Crippen LogP contribution in [0.1, 0.15) is 26.3 Å². The molecule has 1 unspecified atom stereocenters. The Balaban J connectivity index is 1.60. The Morgan fingerprint density at radius 2 is 1.83 bits per heavy atom. The van der Waals surface area contributed by atoms with Gasteiger partial charge in [-0.05, 0) is 43.0 Å². The van der Waals surface area contributed by atoms with Crippen LogP contribution >= 0.6 is 11.8 Å². The first kappa shape index (κ1) is 20.6. The van der Waals surface area contributed by atoms with Crippen molar-refractivity contribution in [2.75, 3.05) is 11.4 Å². The van der Waals surface area contributed by atoms with E-state index in [1.807, 2.05) is 34.6 Å². The molecule has 1 aliphatic heterocycles. The van der Waals surface area contributed by atoms with Crippen molar-refractivity contribution in [2.24, 2.45) is 5.92 Å². The number of rotatable bonds is 6. The number of amides is 1. The van der Waals surface area contributed by atoms with Gasteiger partial charge in [0.05, 0.1) is 10.8 Å². The Labute approximate surface area is 180 Å². The van der Waals surface area contributed by atoms with Crippen LogP contribution in [-0.4, -0.2) is 32.5 Å². The number of carbonyl (C=O) groups excluding carboxylic acids is 1. The molecule has 1 amide bonds. The zero-order valence-electron chi connectivity index (χ0n) is 17.4. The lowest BCUT2D eigenvalue weighted by molar-refractivity contribution is -0.117. The normalized spacial score (nSPS) is 14.2. The molecule has 4 rings (SSSR count). The molecule has 0 spiro atoms. The molecule has 0 radical (unpaired) electrons. The Hall–Kier alpha value is -2.67. The molecular weight excluding hydrogens is 399 g/mol. The average molecular weight is 425 g/mol. The number of aromatic nitrogens is 3. The predicted octanol–water partition coefficient (Wildman–Crippen LogP) is 4.81. The zero-order chi connectivity index (χ0) is 21.3. The maximum absolute atomic E-state index is 14.4. The van der Waals surface area contributed by atoms with E-state index in [4.69, 9.17) is 0 Å². The number of benzene rings is 2. The molecular formula is C23H25FN4OS. The number of carbonyl (C=O) groups is 1. The minimum Gasteiger partial charge on any atom is -0.311 e. The molecule has 1 aromatic heterocycles. The van der Waals surface area contributed by atoms with Gasteiger partial charge >= 0.3 is 0 Å². The third kappa shape index (κ3) is 3.99. The highest BCUT2D eigenvalue weighted by Gasteiger charge is 2.30. The second-order valence-corrected chi connectivity index (χ2v) is 9.23. The number of halogens is 1. The molecule has 0 N–H and O–H groups in total. The third-order valence-electron chi connectivity index (χ3n) is 5.16. The van der Waals surface area contributed by atoms with E-state index in [0.717, 1.165) is 12.1 Å². The van der Waals surface area contributed by atoms with Crippen molar-refractivity contribution in [2.45, 2.75) is 44.1 Å². The molecule has 0 bridgehead atoms. The van der Waals surface area contributed by atoms with Crippen molar-refractivity contribution < 1.29 is 9.18 Å². The van der Waals surface area contributed by atoms with Gasteiger partial charge in [-0.2, -0.15) is 0 Å². The number of hydrogen-bond acceptors (Lipinski definition) is 4. The van der Waals surface area contributed by atoms with Crippen LogP contribution < -0.4 is 4.90 Å². The van der Waals surface area contributed by atoms with Crippen molar-refractivity contribution >= 4 is 23.4 Å². The summed E-state index contributed by atoms with van der Waals surface area (Å²) in [6, 6.07) is 14.6. The van der Waals surface area contributed by atoms with Crippen molar-refractivity contribution in [3.05, 3.63) is 59.9 Å². The molecule has 156 valence electrons. The molecule has 3 aromatic rings. The summed E-state index contributed by atoms with van der Waals surface area (Å²) in [4.78, 5) is 15.0. The first-order chi connectivity index (χ1) is 14.5. The fraction of sp³-hybridized carbons (Fsp3) is 0.348. The molecule has 0 saturated carbocycles. The highest BCUT2D eigenvalue weighted by Crippen LogP contribution is 2.33. The van der Waals surface area contributed by atoms with Crippen molar-refractivity contribution in [1.29, 1.82) is 0 Å². The number of thioether (sulfide) groups is 1. The number of nitrogens with zero attached hydrogens (tertiary/aromatic N) is 4. The highest BCUT2D eigenvalue weighted by atomic mass is 32.2. The van der Waals surface area contributed by atoms with E-state index >= 15 is 0 Å². The summed E-state index contributed by atoms with van der Waals surface area (Å²) in [6.07, 6.45) is 0.875. The van der Waals surface area contributed by atoms with Crippen LogP contribution in [0.2, 0.25) is 0 Å². The lowest BCUT2D eigenvalue weighted by atomic mass is 10.2. The van der Waals surface area contributed by atoms with Gasteiger partial charge in [0.2, 0.25) is 5.91 Å². The fourth-order valence-electron chi connectivity index (χ4n) is 3.74. The van der Waals surface area contributed by atoms with E-state index in [1.54, 1.807) is 18.2 Å². The van der Waals surface area contributed by atoms with Crippen LogP contribution in [0.25, 0.3) is 11.4 Å². The van der Waals surface area contributed by atoms with Crippen LogP contribution in [0.5, 0.6) is 0 Å². The maximum atomic E-state index is 14.4. The first-order valence-corrected chi connectivity index (χ1v) is 11.1. The van der Waals surface area contributed by atoms with Crippen molar-refractivity contribution in [3.63, 3.8) is 0 Å². The number of fused-ring (bicyclic) bond motifs is 1. The second kappa shape index (κ2) is 8.60. The molecule has 2 aromatic carbocycles. The topological polar surface area (TPSA) is 51.0 Å². The summed E-state index contributed by atoms with van der Waals surface area (Å²) >= 11 is 1.38. The van der Waals surface area contributed by atoms with Crippen LogP contribution in [0.4, 0.5) is 10.1 Å². The summed E-state index contributed by atoms with van der Waals surface area (Å²) in [5.41, 5.74) is 2.61. The van der Waals surface area contributed by atoms with E-state index in [2.05, 4.69) is 30.1 Å². The van der Waals surface area contributed by atoms with Crippen molar-refractivity contribution in [1.82, 2.24) is 14.8 Å². The van der Waals surface area contributed by atoms with Gasteiger partial charge in [-0.3, -0.25) is 4.79 Å². The van der Waals surface area contributed by atoms with E-state index in [9.17, 15) is 9.18 Å². The molecule has 1 aliphatic rings. The smallest absolute Gasteiger partial charge is 0.240 e. The monoisotopic (exact) mass is 424 g/mol. The summed E-state index contributed by atoms with van der Waals surface area (Å²) in [5, 5.41) is 8.89. The summed E-state index contributed by atoms with van der Waals surface area (Å²) in [6.45, 7) is 7.42. The van der Waals surface area contributed by atoms with Crippen LogP contribution in [0.3, 0.4) is 0 Å². The number of anilines is 1. The van der Waals surface area contributed by atoms with E-state index in [-0.39, 0.29) is 17.0 Å². The molecule has 0 fully saturated rings. The van der Waals surface area contributed by atoms with E-state index in [0.29, 0.717) is 35.6 Å². The summed E-state index contributed by atoms with van der Waals surface area (Å²) < 4.78 is 16.3. The van der Waals surface area contributed by atoms with E-state index < -0.39 is 0 Å². The molecule has 2 heterocycles. The number of para-hydroxylation sites is 1. The van der Waals surface area contributed by atoms with E-state index in [1.165, 1.54) is 23.4 Å². The van der Waals surface area contributed by atoms with Gasteiger partial charge in [-0.15, -0.1) is 10.2 Å². The van der Waals surface area contributed by atoms with Gasteiger partial charge < -0.3 is 9.47 Å². The van der Waals surface area contributed by atoms with Gasteiger partial charge in [0.1, 0.15) is 5.82 Å². The first-order valence-electron chi connectivity index (χ1n) is 10.2. The lowest BCUT2D eigenvalue weighted by Gasteiger charge is -2.21. The largest absolute Gasteiger partial charge is 0.311 e. The fourth-order valence-corrected chi connectivity index (χ4v) is 4.66.